The largest absolute Gasteiger partial charge is 4.00 e. The van der Waals surface area contributed by atoms with Crippen LogP contribution in [0, 0.1) is 25.7 Å². The molecular formula is C16H18Zr. The Morgan fingerprint density at radius 2 is 0.882 bits per heavy atom. The van der Waals surface area contributed by atoms with Crippen molar-refractivity contribution >= 4 is 0 Å². The molecule has 0 aromatic rings. The fraction of sp³-hybridized carbons (Fsp3) is 0.188. The Morgan fingerprint density at radius 3 is 0.941 bits per heavy atom. The first-order valence-electron chi connectivity index (χ1n) is 5.15. The molecule has 0 aromatic carbocycles. The molecule has 0 fully saturated rings. The molecule has 0 atom stereocenters. The van der Waals surface area contributed by atoms with E-state index >= 15 is 0 Å². The van der Waals surface area contributed by atoms with Gasteiger partial charge >= 0.3 is 26.2 Å². The predicted octanol–water partition coefficient (Wildman–Crippen LogP) is 4.36. The van der Waals surface area contributed by atoms with Crippen molar-refractivity contribution in [2.45, 2.75) is 19.3 Å². The van der Waals surface area contributed by atoms with Crippen molar-refractivity contribution in [3.05, 3.63) is 80.3 Å². The van der Waals surface area contributed by atoms with Crippen molar-refractivity contribution in [1.29, 1.82) is 0 Å². The van der Waals surface area contributed by atoms with E-state index < -0.39 is 0 Å². The molecule has 0 aliphatic heterocycles. The summed E-state index contributed by atoms with van der Waals surface area (Å²) in [5.41, 5.74) is 0. The van der Waals surface area contributed by atoms with Gasteiger partial charge in [0.1, 0.15) is 0 Å². The third-order valence-corrected chi connectivity index (χ3v) is 1.76. The molecule has 0 unspecified atom stereocenters. The van der Waals surface area contributed by atoms with Crippen molar-refractivity contribution in [2.24, 2.45) is 0 Å². The number of hydrogen-bond donors (Lipinski definition) is 0. The zero-order valence-corrected chi connectivity index (χ0v) is 12.8. The second kappa shape index (κ2) is 15.3. The summed E-state index contributed by atoms with van der Waals surface area (Å²) in [5, 5.41) is 0. The molecule has 0 saturated heterocycles. The van der Waals surface area contributed by atoms with Crippen LogP contribution in [-0.4, -0.2) is 0 Å². The molecule has 3 aliphatic rings. The summed E-state index contributed by atoms with van der Waals surface area (Å²) in [6.07, 6.45) is 30.0. The van der Waals surface area contributed by atoms with Crippen LogP contribution in [0.4, 0.5) is 0 Å². The monoisotopic (exact) mass is 300 g/mol. The molecule has 0 spiro atoms. The molecular weight excluding hydrogens is 283 g/mol. The summed E-state index contributed by atoms with van der Waals surface area (Å²) in [5.74, 6) is 0. The van der Waals surface area contributed by atoms with Crippen LogP contribution in [0.25, 0.3) is 0 Å². The van der Waals surface area contributed by atoms with E-state index in [2.05, 4.69) is 36.5 Å². The first-order chi connectivity index (χ1) is 7.50. The van der Waals surface area contributed by atoms with Crippen LogP contribution in [0.2, 0.25) is 0 Å². The molecule has 0 heterocycles. The second-order valence-corrected chi connectivity index (χ2v) is 3.01. The zero-order chi connectivity index (χ0) is 10.6. The molecule has 0 bridgehead atoms. The Kier molecular flexibility index (Phi) is 16.8. The molecule has 86 valence electrons. The van der Waals surface area contributed by atoms with E-state index in [1.807, 2.05) is 36.5 Å². The maximum Gasteiger partial charge on any atom is 4.00 e. The summed E-state index contributed by atoms with van der Waals surface area (Å²) in [6, 6.07) is 0. The number of rotatable bonds is 0. The summed E-state index contributed by atoms with van der Waals surface area (Å²) in [6.45, 7) is 0. The van der Waals surface area contributed by atoms with Gasteiger partial charge in [-0.25, -0.2) is 36.5 Å². The van der Waals surface area contributed by atoms with Crippen LogP contribution in [-0.2, 0) is 26.2 Å². The number of allylic oxidation sites excluding steroid dienone is 12. The molecule has 0 radical (unpaired) electrons. The SMILES string of the molecule is [C-]1=CC=CC1.[C-]1=CC=CC1.[C-]1=CC=CC1.[CH3-].[Zr+4]. The maximum absolute atomic E-state index is 2.99. The molecule has 3 aliphatic carbocycles. The van der Waals surface area contributed by atoms with E-state index in [4.69, 9.17) is 0 Å². The first-order valence-corrected chi connectivity index (χ1v) is 5.15. The molecule has 1 heteroatoms. The summed E-state index contributed by atoms with van der Waals surface area (Å²) < 4.78 is 0. The quantitative estimate of drug-likeness (QED) is 0.583. The van der Waals surface area contributed by atoms with Gasteiger partial charge in [-0.3, -0.25) is 18.2 Å². The minimum absolute atomic E-state index is 0. The molecule has 0 aromatic heterocycles. The van der Waals surface area contributed by atoms with Gasteiger partial charge in [0, 0.05) is 0 Å². The Labute approximate surface area is 125 Å². The average Bonchev–Trinajstić information content (AvgIpc) is 3.09. The Bertz CT molecular complexity index is 232. The Hall–Kier alpha value is -0.677. The van der Waals surface area contributed by atoms with Gasteiger partial charge in [0.25, 0.3) is 0 Å². The van der Waals surface area contributed by atoms with E-state index in [-0.39, 0.29) is 33.6 Å². The molecule has 3 rings (SSSR count). The van der Waals surface area contributed by atoms with E-state index in [0.29, 0.717) is 0 Å². The smallest absolute Gasteiger partial charge is 0.358 e. The Balaban J connectivity index is 0. The third kappa shape index (κ3) is 13.3. The topological polar surface area (TPSA) is 0 Å². The van der Waals surface area contributed by atoms with Crippen LogP contribution in [0.1, 0.15) is 19.3 Å². The first kappa shape index (κ1) is 18.7. The standard InChI is InChI=1S/3C5H5.CH3.Zr/c3*1-2-4-5-3-1;;/h3*1-3H,4H2;1H3;/q4*-1;+4. The fourth-order valence-electron chi connectivity index (χ4n) is 1.02. The van der Waals surface area contributed by atoms with Crippen molar-refractivity contribution < 1.29 is 26.2 Å². The molecule has 0 N–H and O–H groups in total. The van der Waals surface area contributed by atoms with Crippen LogP contribution in [0.5, 0.6) is 0 Å². The maximum atomic E-state index is 2.99. The van der Waals surface area contributed by atoms with Gasteiger partial charge in [0.2, 0.25) is 0 Å². The van der Waals surface area contributed by atoms with Gasteiger partial charge in [-0.2, -0.15) is 18.2 Å². The summed E-state index contributed by atoms with van der Waals surface area (Å²) >= 11 is 0. The van der Waals surface area contributed by atoms with Gasteiger partial charge in [-0.1, -0.05) is 0 Å². The predicted molar refractivity (Wildman–Crippen MR) is 71.1 cm³/mol. The van der Waals surface area contributed by atoms with E-state index in [0.717, 1.165) is 19.3 Å². The minimum Gasteiger partial charge on any atom is -0.358 e. The van der Waals surface area contributed by atoms with Crippen LogP contribution >= 0.6 is 0 Å². The van der Waals surface area contributed by atoms with Gasteiger partial charge in [-0.15, -0.1) is 19.3 Å². The normalized spacial score (nSPS) is 15.5. The zero-order valence-electron chi connectivity index (χ0n) is 10.3. The molecule has 0 nitrogen and oxygen atoms in total. The van der Waals surface area contributed by atoms with Crippen molar-refractivity contribution in [1.82, 2.24) is 0 Å². The van der Waals surface area contributed by atoms with E-state index in [9.17, 15) is 0 Å². The number of hydrogen-bond acceptors (Lipinski definition) is 0. The third-order valence-electron chi connectivity index (χ3n) is 1.76. The minimum atomic E-state index is 0. The molecule has 0 saturated carbocycles. The van der Waals surface area contributed by atoms with Crippen LogP contribution in [0.15, 0.2) is 54.7 Å². The molecule has 17 heavy (non-hydrogen) atoms. The average molecular weight is 302 g/mol. The summed E-state index contributed by atoms with van der Waals surface area (Å²) in [4.78, 5) is 0. The van der Waals surface area contributed by atoms with Gasteiger partial charge in [-0.05, 0) is 0 Å². The Morgan fingerprint density at radius 1 is 0.588 bits per heavy atom. The van der Waals surface area contributed by atoms with Crippen molar-refractivity contribution in [3.63, 3.8) is 0 Å². The van der Waals surface area contributed by atoms with Gasteiger partial charge in [0.15, 0.2) is 0 Å². The van der Waals surface area contributed by atoms with Crippen molar-refractivity contribution in [3.8, 4) is 0 Å². The summed E-state index contributed by atoms with van der Waals surface area (Å²) in [7, 11) is 0. The fourth-order valence-corrected chi connectivity index (χ4v) is 1.02. The van der Waals surface area contributed by atoms with E-state index in [1.54, 1.807) is 0 Å². The van der Waals surface area contributed by atoms with E-state index in [1.165, 1.54) is 0 Å². The van der Waals surface area contributed by atoms with Crippen LogP contribution in [0.3, 0.4) is 0 Å². The molecule has 0 amide bonds. The van der Waals surface area contributed by atoms with Gasteiger partial charge in [0.05, 0.1) is 0 Å². The van der Waals surface area contributed by atoms with Crippen molar-refractivity contribution in [2.75, 3.05) is 0 Å². The van der Waals surface area contributed by atoms with Gasteiger partial charge < -0.3 is 7.43 Å². The second-order valence-electron chi connectivity index (χ2n) is 3.01. The van der Waals surface area contributed by atoms with Crippen LogP contribution < -0.4 is 0 Å².